The number of benzene rings is 2. The van der Waals surface area contributed by atoms with Crippen molar-refractivity contribution >= 4 is 40.5 Å². The lowest BCUT2D eigenvalue weighted by atomic mass is 9.96. The van der Waals surface area contributed by atoms with Gasteiger partial charge in [0.2, 0.25) is 0 Å². The van der Waals surface area contributed by atoms with Crippen LogP contribution in [0.15, 0.2) is 36.4 Å². The Bertz CT molecular complexity index is 928. The third kappa shape index (κ3) is 4.55. The molecule has 0 bridgehead atoms. The molecule has 6 N–H and O–H groups in total. The van der Waals surface area contributed by atoms with Crippen LogP contribution >= 0.6 is 23.2 Å². The number of anilines is 2. The topological polar surface area (TPSA) is 131 Å². The number of aliphatic hydroxyl groups is 4. The molecule has 162 valence electrons. The summed E-state index contributed by atoms with van der Waals surface area (Å²) in [5.41, 5.74) is 1.80. The van der Waals surface area contributed by atoms with Crippen LogP contribution in [-0.4, -0.2) is 63.6 Å². The van der Waals surface area contributed by atoms with Crippen LogP contribution in [0.1, 0.15) is 15.9 Å². The summed E-state index contributed by atoms with van der Waals surface area (Å²) in [5.74, 6) is -0.639. The van der Waals surface area contributed by atoms with E-state index in [4.69, 9.17) is 33.0 Å². The van der Waals surface area contributed by atoms with Crippen molar-refractivity contribution in [3.63, 3.8) is 0 Å². The summed E-state index contributed by atoms with van der Waals surface area (Å²) in [6.07, 6.45) is -5.81. The molecule has 0 spiro atoms. The van der Waals surface area contributed by atoms with Crippen LogP contribution < -0.4 is 10.6 Å². The van der Waals surface area contributed by atoms with Gasteiger partial charge in [0.15, 0.2) is 6.29 Å². The molecule has 10 heteroatoms. The van der Waals surface area contributed by atoms with Gasteiger partial charge >= 0.3 is 0 Å². The fourth-order valence-electron chi connectivity index (χ4n) is 3.18. The number of aliphatic hydroxyl groups excluding tert-OH is 4. The van der Waals surface area contributed by atoms with Crippen molar-refractivity contribution in [2.24, 2.45) is 0 Å². The van der Waals surface area contributed by atoms with E-state index in [0.717, 1.165) is 5.56 Å². The first kappa shape index (κ1) is 22.8. The summed E-state index contributed by atoms with van der Waals surface area (Å²) in [6, 6.07) is 8.66. The van der Waals surface area contributed by atoms with E-state index in [0.29, 0.717) is 21.4 Å². The highest BCUT2D eigenvalue weighted by molar-refractivity contribution is 6.39. The van der Waals surface area contributed by atoms with Crippen LogP contribution in [-0.2, 0) is 4.74 Å². The maximum atomic E-state index is 12.9. The Morgan fingerprint density at radius 2 is 1.80 bits per heavy atom. The minimum atomic E-state index is -1.62. The molecule has 3 rings (SSSR count). The van der Waals surface area contributed by atoms with Crippen molar-refractivity contribution in [3.05, 3.63) is 57.6 Å². The summed E-state index contributed by atoms with van der Waals surface area (Å²) in [4.78, 5) is 12.9. The standard InChI is InChI=1S/C20H22Cl2N2O6/c1-9-6-7-11(21)15(14(9)22)23-12-5-3-2-4-10(12)19(28)24-16-18(27)17(26)13(8-25)30-20(16)29/h2-7,13,16-18,20,23,25-27,29H,8H2,1H3,(H,24,28). The number of halogens is 2. The van der Waals surface area contributed by atoms with Gasteiger partial charge in [-0.25, -0.2) is 0 Å². The molecule has 5 atom stereocenters. The summed E-state index contributed by atoms with van der Waals surface area (Å²) in [5, 5.41) is 45.8. The monoisotopic (exact) mass is 456 g/mol. The molecule has 0 saturated carbocycles. The van der Waals surface area contributed by atoms with E-state index < -0.39 is 43.2 Å². The van der Waals surface area contributed by atoms with Crippen LogP contribution in [0.25, 0.3) is 0 Å². The van der Waals surface area contributed by atoms with Crippen molar-refractivity contribution in [1.82, 2.24) is 5.32 Å². The summed E-state index contributed by atoms with van der Waals surface area (Å²) in [6.45, 7) is 1.22. The molecule has 2 aromatic rings. The van der Waals surface area contributed by atoms with Gasteiger partial charge in [0.1, 0.15) is 24.4 Å². The van der Waals surface area contributed by atoms with E-state index in [1.807, 2.05) is 6.92 Å². The first-order valence-corrected chi connectivity index (χ1v) is 9.92. The Morgan fingerprint density at radius 3 is 2.50 bits per heavy atom. The lowest BCUT2D eigenvalue weighted by Gasteiger charge is -2.40. The molecule has 1 saturated heterocycles. The summed E-state index contributed by atoms with van der Waals surface area (Å²) < 4.78 is 5.07. The molecular formula is C20H22Cl2N2O6. The first-order chi connectivity index (χ1) is 14.2. The van der Waals surface area contributed by atoms with E-state index in [9.17, 15) is 20.1 Å². The number of rotatable bonds is 5. The van der Waals surface area contributed by atoms with Crippen molar-refractivity contribution < 1.29 is 30.0 Å². The van der Waals surface area contributed by atoms with Gasteiger partial charge in [-0.1, -0.05) is 41.4 Å². The van der Waals surface area contributed by atoms with Crippen LogP contribution in [0.3, 0.4) is 0 Å². The quantitative estimate of drug-likeness (QED) is 0.402. The Hall–Kier alpha value is -1.91. The number of hydrogen-bond acceptors (Lipinski definition) is 7. The van der Waals surface area contributed by atoms with Gasteiger partial charge in [0, 0.05) is 0 Å². The molecule has 1 fully saturated rings. The molecule has 1 heterocycles. The Labute approximate surface area is 183 Å². The molecule has 0 radical (unpaired) electrons. The molecule has 30 heavy (non-hydrogen) atoms. The predicted molar refractivity (Wildman–Crippen MR) is 112 cm³/mol. The molecule has 1 aliphatic rings. The zero-order valence-corrected chi connectivity index (χ0v) is 17.4. The van der Waals surface area contributed by atoms with Crippen LogP contribution in [0, 0.1) is 6.92 Å². The predicted octanol–water partition coefficient (Wildman–Crippen LogP) is 1.58. The minimum Gasteiger partial charge on any atom is -0.394 e. The molecule has 5 unspecified atom stereocenters. The Kier molecular flexibility index (Phi) is 7.20. The number of amides is 1. The minimum absolute atomic E-state index is 0.185. The zero-order chi connectivity index (χ0) is 22.0. The number of ether oxygens (including phenoxy) is 1. The molecule has 1 amide bonds. The molecule has 1 aliphatic heterocycles. The fourth-order valence-corrected chi connectivity index (χ4v) is 3.64. The van der Waals surface area contributed by atoms with E-state index in [1.165, 1.54) is 6.07 Å². The number of carbonyl (C=O) groups is 1. The van der Waals surface area contributed by atoms with Gasteiger partial charge in [0.25, 0.3) is 5.91 Å². The highest BCUT2D eigenvalue weighted by Crippen LogP contribution is 2.36. The maximum Gasteiger partial charge on any atom is 0.253 e. The second-order valence-electron chi connectivity index (χ2n) is 6.95. The molecule has 8 nitrogen and oxygen atoms in total. The lowest BCUT2D eigenvalue weighted by Crippen LogP contribution is -2.64. The molecular weight excluding hydrogens is 435 g/mol. The normalized spacial score (nSPS) is 26.3. The summed E-state index contributed by atoms with van der Waals surface area (Å²) in [7, 11) is 0. The number of nitrogens with one attached hydrogen (secondary N) is 2. The Balaban J connectivity index is 1.84. The van der Waals surface area contributed by atoms with Crippen LogP contribution in [0.4, 0.5) is 11.4 Å². The smallest absolute Gasteiger partial charge is 0.253 e. The second kappa shape index (κ2) is 9.49. The average molecular weight is 457 g/mol. The SMILES string of the molecule is Cc1ccc(Cl)c(Nc2ccccc2C(=O)NC2C(O)OC(CO)C(O)C2O)c1Cl. The van der Waals surface area contributed by atoms with Gasteiger partial charge in [-0.3, -0.25) is 4.79 Å². The maximum absolute atomic E-state index is 12.9. The fraction of sp³-hybridized carbons (Fsp3) is 0.350. The average Bonchev–Trinajstić information content (AvgIpc) is 2.74. The third-order valence-electron chi connectivity index (χ3n) is 4.91. The molecule has 0 aromatic heterocycles. The van der Waals surface area contributed by atoms with Crippen LogP contribution in [0.2, 0.25) is 10.0 Å². The van der Waals surface area contributed by atoms with E-state index >= 15 is 0 Å². The largest absolute Gasteiger partial charge is 0.394 e. The van der Waals surface area contributed by atoms with Gasteiger partial charge in [-0.2, -0.15) is 0 Å². The molecule has 2 aromatic carbocycles. The highest BCUT2D eigenvalue weighted by atomic mass is 35.5. The summed E-state index contributed by atoms with van der Waals surface area (Å²) >= 11 is 12.6. The van der Waals surface area contributed by atoms with Crippen molar-refractivity contribution in [1.29, 1.82) is 0 Å². The number of hydrogen-bond donors (Lipinski definition) is 6. The van der Waals surface area contributed by atoms with Gasteiger partial charge in [-0.05, 0) is 30.7 Å². The second-order valence-corrected chi connectivity index (χ2v) is 7.74. The number of carbonyl (C=O) groups excluding carboxylic acids is 1. The lowest BCUT2D eigenvalue weighted by molar-refractivity contribution is -0.252. The van der Waals surface area contributed by atoms with Crippen molar-refractivity contribution in [2.75, 3.05) is 11.9 Å². The Morgan fingerprint density at radius 1 is 1.10 bits per heavy atom. The number of aryl methyl sites for hydroxylation is 1. The van der Waals surface area contributed by atoms with Gasteiger partial charge < -0.3 is 35.8 Å². The van der Waals surface area contributed by atoms with Gasteiger partial charge in [-0.15, -0.1) is 0 Å². The van der Waals surface area contributed by atoms with Crippen molar-refractivity contribution in [2.45, 2.75) is 37.6 Å². The van der Waals surface area contributed by atoms with Gasteiger partial charge in [0.05, 0.1) is 33.6 Å². The third-order valence-corrected chi connectivity index (χ3v) is 5.72. The zero-order valence-electron chi connectivity index (χ0n) is 15.9. The van der Waals surface area contributed by atoms with E-state index in [1.54, 1.807) is 30.3 Å². The van der Waals surface area contributed by atoms with E-state index in [2.05, 4.69) is 10.6 Å². The van der Waals surface area contributed by atoms with Crippen molar-refractivity contribution in [3.8, 4) is 0 Å². The highest BCUT2D eigenvalue weighted by Gasteiger charge is 2.44. The van der Waals surface area contributed by atoms with E-state index in [-0.39, 0.29) is 5.56 Å². The first-order valence-electron chi connectivity index (χ1n) is 9.16. The van der Waals surface area contributed by atoms with Crippen LogP contribution in [0.5, 0.6) is 0 Å². The number of para-hydroxylation sites is 1. The molecule has 0 aliphatic carbocycles.